The summed E-state index contributed by atoms with van der Waals surface area (Å²) >= 11 is 0. The summed E-state index contributed by atoms with van der Waals surface area (Å²) in [4.78, 5) is 9.28. The van der Waals surface area contributed by atoms with Crippen molar-refractivity contribution in [1.29, 1.82) is 0 Å². The molecule has 1 unspecified atom stereocenters. The Morgan fingerprint density at radius 3 is 2.84 bits per heavy atom. The van der Waals surface area contributed by atoms with Crippen LogP contribution in [0.15, 0.2) is 16.8 Å². The lowest BCUT2D eigenvalue weighted by Gasteiger charge is -2.22. The predicted octanol–water partition coefficient (Wildman–Crippen LogP) is 2.68. The topological polar surface area (TPSA) is 81.1 Å². The van der Waals surface area contributed by atoms with Gasteiger partial charge in [0.2, 0.25) is 11.7 Å². The molecule has 1 saturated heterocycles. The van der Waals surface area contributed by atoms with E-state index in [4.69, 9.17) is 4.52 Å². The quantitative estimate of drug-likeness (QED) is 0.756. The van der Waals surface area contributed by atoms with Gasteiger partial charge in [0.05, 0.1) is 11.8 Å². The van der Waals surface area contributed by atoms with Gasteiger partial charge in [-0.15, -0.1) is 12.4 Å². The van der Waals surface area contributed by atoms with Crippen LogP contribution in [0.4, 0.5) is 0 Å². The number of nitrogens with one attached hydrogen (secondary N) is 1. The van der Waals surface area contributed by atoms with E-state index in [1.165, 1.54) is 19.3 Å². The van der Waals surface area contributed by atoms with Gasteiger partial charge in [-0.05, 0) is 57.7 Å². The van der Waals surface area contributed by atoms with Gasteiger partial charge in [-0.2, -0.15) is 10.1 Å². The van der Waals surface area contributed by atoms with Gasteiger partial charge in [-0.3, -0.25) is 0 Å². The monoisotopic (exact) mass is 360 g/mol. The largest absolute Gasteiger partial charge is 0.339 e. The van der Waals surface area contributed by atoms with Crippen LogP contribution in [0.3, 0.4) is 0 Å². The fourth-order valence-electron chi connectivity index (χ4n) is 4.09. The molecule has 5 rings (SSSR count). The van der Waals surface area contributed by atoms with Gasteiger partial charge < -0.3 is 9.84 Å². The van der Waals surface area contributed by atoms with E-state index < -0.39 is 0 Å². The predicted molar refractivity (Wildman–Crippen MR) is 94.9 cm³/mol. The van der Waals surface area contributed by atoms with Gasteiger partial charge in [-0.1, -0.05) is 5.16 Å². The van der Waals surface area contributed by atoms with Gasteiger partial charge in [-0.25, -0.2) is 9.50 Å². The molecule has 1 atom stereocenters. The van der Waals surface area contributed by atoms with E-state index in [0.29, 0.717) is 17.2 Å². The molecule has 3 aromatic rings. The van der Waals surface area contributed by atoms with Crippen LogP contribution in [-0.4, -0.2) is 37.8 Å². The average Bonchev–Trinajstić information content (AvgIpc) is 2.93. The second kappa shape index (κ2) is 5.78. The average molecular weight is 361 g/mol. The summed E-state index contributed by atoms with van der Waals surface area (Å²) < 4.78 is 7.43. The summed E-state index contributed by atoms with van der Waals surface area (Å²) in [6, 6.07) is 2.01. The van der Waals surface area contributed by atoms with Crippen molar-refractivity contribution in [3.8, 4) is 11.4 Å². The molecule has 4 heterocycles. The number of aromatic nitrogens is 5. The first kappa shape index (κ1) is 16.5. The smallest absolute Gasteiger partial charge is 0.230 e. The number of hydrogen-bond acceptors (Lipinski definition) is 6. The first-order valence-corrected chi connectivity index (χ1v) is 8.53. The first-order valence-electron chi connectivity index (χ1n) is 8.53. The summed E-state index contributed by atoms with van der Waals surface area (Å²) in [5.41, 5.74) is 4.01. The molecule has 3 aromatic heterocycles. The van der Waals surface area contributed by atoms with Crippen LogP contribution in [0.1, 0.15) is 42.5 Å². The Hall–Kier alpha value is -1.99. The molecular formula is C17H21ClN6O. The maximum absolute atomic E-state index is 5.60. The third-order valence-corrected chi connectivity index (χ3v) is 5.55. The number of halogens is 1. The third kappa shape index (κ3) is 2.53. The Morgan fingerprint density at radius 1 is 1.24 bits per heavy atom. The first-order chi connectivity index (χ1) is 11.7. The lowest BCUT2D eigenvalue weighted by Crippen LogP contribution is -2.29. The van der Waals surface area contributed by atoms with Crippen LogP contribution in [0.2, 0.25) is 0 Å². The molecule has 132 valence electrons. The fraction of sp³-hybridized carbons (Fsp3) is 0.529. The van der Waals surface area contributed by atoms with Gasteiger partial charge >= 0.3 is 0 Å². The number of nitrogens with zero attached hydrogens (tertiary/aromatic N) is 5. The molecule has 0 amide bonds. The molecule has 0 radical (unpaired) electrons. The van der Waals surface area contributed by atoms with Crippen molar-refractivity contribution in [2.24, 2.45) is 5.41 Å². The Morgan fingerprint density at radius 2 is 2.04 bits per heavy atom. The highest BCUT2D eigenvalue weighted by Crippen LogP contribution is 2.63. The number of hydrogen-bond donors (Lipinski definition) is 1. The molecular weight excluding hydrogens is 340 g/mol. The Labute approximate surface area is 151 Å². The summed E-state index contributed by atoms with van der Waals surface area (Å²) in [7, 11) is 0. The van der Waals surface area contributed by atoms with Crippen molar-refractivity contribution in [3.05, 3.63) is 29.5 Å². The van der Waals surface area contributed by atoms with Crippen LogP contribution in [0, 0.1) is 19.3 Å². The zero-order chi connectivity index (χ0) is 16.3. The van der Waals surface area contributed by atoms with Crippen LogP contribution in [0.5, 0.6) is 0 Å². The van der Waals surface area contributed by atoms with E-state index >= 15 is 0 Å². The van der Waals surface area contributed by atoms with Crippen molar-refractivity contribution < 1.29 is 4.52 Å². The lowest BCUT2D eigenvalue weighted by molar-refractivity contribution is 0.311. The molecule has 7 nitrogen and oxygen atoms in total. The molecule has 0 aromatic carbocycles. The van der Waals surface area contributed by atoms with Gasteiger partial charge in [0.25, 0.3) is 0 Å². The third-order valence-electron chi connectivity index (χ3n) is 5.55. The molecule has 25 heavy (non-hydrogen) atoms. The molecule has 1 saturated carbocycles. The van der Waals surface area contributed by atoms with E-state index in [-0.39, 0.29) is 12.4 Å². The fourth-order valence-corrected chi connectivity index (χ4v) is 4.09. The maximum Gasteiger partial charge on any atom is 0.230 e. The van der Waals surface area contributed by atoms with Crippen molar-refractivity contribution in [2.45, 2.75) is 39.0 Å². The van der Waals surface area contributed by atoms with Crippen LogP contribution >= 0.6 is 12.4 Å². The van der Waals surface area contributed by atoms with Crippen molar-refractivity contribution in [3.63, 3.8) is 0 Å². The number of fused-ring (bicyclic) bond motifs is 1. The summed E-state index contributed by atoms with van der Waals surface area (Å²) in [5.74, 6) is 1.78. The van der Waals surface area contributed by atoms with E-state index in [9.17, 15) is 0 Å². The van der Waals surface area contributed by atoms with E-state index in [1.54, 1.807) is 6.20 Å². The van der Waals surface area contributed by atoms with Crippen molar-refractivity contribution in [2.75, 3.05) is 13.1 Å². The number of aryl methyl sites for hydroxylation is 2. The van der Waals surface area contributed by atoms with Gasteiger partial charge in [0.1, 0.15) is 0 Å². The molecule has 2 aliphatic rings. The second-order valence-electron chi connectivity index (χ2n) is 7.16. The van der Waals surface area contributed by atoms with Gasteiger partial charge in [0, 0.05) is 17.3 Å². The molecule has 0 bridgehead atoms. The molecule has 8 heteroatoms. The van der Waals surface area contributed by atoms with Crippen LogP contribution < -0.4 is 5.32 Å². The SMILES string of the molecule is Cc1cc(C)n2ncc(-c3noc(C4CC45CCNCC5)n3)c2n1.Cl. The molecule has 1 spiro atoms. The van der Waals surface area contributed by atoms with Crippen LogP contribution in [-0.2, 0) is 0 Å². The highest BCUT2D eigenvalue weighted by molar-refractivity contribution is 5.85. The molecule has 1 N–H and O–H groups in total. The summed E-state index contributed by atoms with van der Waals surface area (Å²) in [5, 5.41) is 12.0. The van der Waals surface area contributed by atoms with Crippen molar-refractivity contribution >= 4 is 18.1 Å². The van der Waals surface area contributed by atoms with E-state index in [2.05, 4.69) is 25.5 Å². The standard InChI is InChI=1S/C17H20N6O.ClH/c1-10-7-11(2)23-15(20-10)12(9-19-23)14-21-16(24-22-14)13-8-17(13)3-5-18-6-4-17;/h7,9,13,18H,3-6,8H2,1-2H3;1H. The zero-order valence-corrected chi connectivity index (χ0v) is 15.1. The molecule has 1 aliphatic carbocycles. The minimum atomic E-state index is 0. The summed E-state index contributed by atoms with van der Waals surface area (Å²) in [6.07, 6.45) is 5.34. The Kier molecular flexibility index (Phi) is 3.81. The Balaban J connectivity index is 0.00000157. The molecule has 2 fully saturated rings. The highest BCUT2D eigenvalue weighted by Gasteiger charge is 2.57. The number of piperidine rings is 1. The second-order valence-corrected chi connectivity index (χ2v) is 7.16. The zero-order valence-electron chi connectivity index (χ0n) is 14.3. The normalized spacial score (nSPS) is 21.4. The van der Waals surface area contributed by atoms with Gasteiger partial charge in [0.15, 0.2) is 5.65 Å². The van der Waals surface area contributed by atoms with Crippen molar-refractivity contribution in [1.82, 2.24) is 30.1 Å². The Bertz CT molecular complexity index is 927. The number of rotatable bonds is 2. The maximum atomic E-state index is 5.60. The summed E-state index contributed by atoms with van der Waals surface area (Å²) in [6.45, 7) is 6.18. The lowest BCUT2D eigenvalue weighted by atomic mass is 9.92. The molecule has 1 aliphatic heterocycles. The minimum absolute atomic E-state index is 0. The van der Waals surface area contributed by atoms with E-state index in [0.717, 1.165) is 41.6 Å². The highest BCUT2D eigenvalue weighted by atomic mass is 35.5. The van der Waals surface area contributed by atoms with Crippen LogP contribution in [0.25, 0.3) is 17.0 Å². The minimum Gasteiger partial charge on any atom is -0.339 e. The van der Waals surface area contributed by atoms with E-state index in [1.807, 2.05) is 24.4 Å².